The van der Waals surface area contributed by atoms with Crippen LogP contribution in [-0.2, 0) is 0 Å². The monoisotopic (exact) mass is 240 g/mol. The third-order valence-electron chi connectivity index (χ3n) is 4.64. The van der Waals surface area contributed by atoms with Crippen LogP contribution in [0.4, 0.5) is 0 Å². The number of piperidine rings is 1. The van der Waals surface area contributed by atoms with Gasteiger partial charge in [0.15, 0.2) is 0 Å². The van der Waals surface area contributed by atoms with Crippen molar-refractivity contribution in [2.24, 2.45) is 0 Å². The van der Waals surface area contributed by atoms with E-state index < -0.39 is 0 Å². The highest BCUT2D eigenvalue weighted by molar-refractivity contribution is 4.86. The molecule has 2 fully saturated rings. The highest BCUT2D eigenvalue weighted by Gasteiger charge is 2.30. The highest BCUT2D eigenvalue weighted by atomic mass is 16.3. The number of nitrogens with zero attached hydrogens (tertiary/aromatic N) is 2. The van der Waals surface area contributed by atoms with Crippen molar-refractivity contribution in [3.63, 3.8) is 0 Å². The van der Waals surface area contributed by atoms with Crippen molar-refractivity contribution < 1.29 is 5.11 Å². The summed E-state index contributed by atoms with van der Waals surface area (Å²) in [6.45, 7) is 2.34. The molecule has 1 saturated heterocycles. The van der Waals surface area contributed by atoms with Crippen LogP contribution in [0.2, 0.25) is 0 Å². The molecular weight excluding hydrogens is 212 g/mol. The van der Waals surface area contributed by atoms with Crippen molar-refractivity contribution in [2.45, 2.75) is 63.1 Å². The van der Waals surface area contributed by atoms with Crippen LogP contribution in [0.25, 0.3) is 0 Å². The third kappa shape index (κ3) is 3.43. The first kappa shape index (κ1) is 13.3. The first-order valence-corrected chi connectivity index (χ1v) is 7.27. The minimum atomic E-state index is -0.0755. The molecule has 2 rings (SSSR count). The van der Waals surface area contributed by atoms with E-state index in [0.29, 0.717) is 6.04 Å². The fraction of sp³-hybridized carbons (Fsp3) is 1.00. The summed E-state index contributed by atoms with van der Waals surface area (Å²) in [5, 5.41) is 10.2. The highest BCUT2D eigenvalue weighted by Crippen LogP contribution is 2.25. The third-order valence-corrected chi connectivity index (χ3v) is 4.64. The first-order chi connectivity index (χ1) is 8.18. The van der Waals surface area contributed by atoms with Gasteiger partial charge in [-0.05, 0) is 39.8 Å². The molecule has 0 aromatic heterocycles. The number of rotatable bonds is 2. The Hall–Kier alpha value is -0.120. The molecule has 0 bridgehead atoms. The summed E-state index contributed by atoms with van der Waals surface area (Å²) in [5.74, 6) is 0. The van der Waals surface area contributed by atoms with Gasteiger partial charge < -0.3 is 10.0 Å². The lowest BCUT2D eigenvalue weighted by Crippen LogP contribution is -2.50. The molecule has 0 spiro atoms. The summed E-state index contributed by atoms with van der Waals surface area (Å²) < 4.78 is 0. The van der Waals surface area contributed by atoms with E-state index in [-0.39, 0.29) is 6.10 Å². The second-order valence-corrected chi connectivity index (χ2v) is 6.00. The van der Waals surface area contributed by atoms with Gasteiger partial charge >= 0.3 is 0 Å². The molecule has 2 aliphatic rings. The van der Waals surface area contributed by atoms with Gasteiger partial charge in [0.05, 0.1) is 6.10 Å². The zero-order chi connectivity index (χ0) is 12.3. The summed E-state index contributed by atoms with van der Waals surface area (Å²) >= 11 is 0. The van der Waals surface area contributed by atoms with E-state index in [4.69, 9.17) is 0 Å². The van der Waals surface area contributed by atoms with Crippen LogP contribution >= 0.6 is 0 Å². The molecule has 1 heterocycles. The Balaban J connectivity index is 1.86. The second kappa shape index (κ2) is 6.17. The molecule has 0 aromatic rings. The van der Waals surface area contributed by atoms with Crippen molar-refractivity contribution in [1.82, 2.24) is 9.80 Å². The molecule has 17 heavy (non-hydrogen) atoms. The van der Waals surface area contributed by atoms with Crippen LogP contribution in [-0.4, -0.2) is 60.3 Å². The van der Waals surface area contributed by atoms with Gasteiger partial charge in [-0.3, -0.25) is 4.90 Å². The molecule has 0 amide bonds. The van der Waals surface area contributed by atoms with Gasteiger partial charge in [-0.25, -0.2) is 0 Å². The smallest absolute Gasteiger partial charge is 0.0695 e. The fourth-order valence-electron chi connectivity index (χ4n) is 3.43. The Morgan fingerprint density at radius 1 is 0.941 bits per heavy atom. The summed E-state index contributed by atoms with van der Waals surface area (Å²) in [6.07, 6.45) is 8.48. The van der Waals surface area contributed by atoms with E-state index in [2.05, 4.69) is 23.9 Å². The maximum absolute atomic E-state index is 10.2. The topological polar surface area (TPSA) is 26.7 Å². The van der Waals surface area contributed by atoms with Gasteiger partial charge in [-0.15, -0.1) is 0 Å². The first-order valence-electron chi connectivity index (χ1n) is 7.27. The second-order valence-electron chi connectivity index (χ2n) is 6.00. The minimum absolute atomic E-state index is 0.0755. The molecule has 1 aliphatic carbocycles. The van der Waals surface area contributed by atoms with Crippen molar-refractivity contribution >= 4 is 0 Å². The average molecular weight is 240 g/mol. The van der Waals surface area contributed by atoms with E-state index in [9.17, 15) is 5.11 Å². The van der Waals surface area contributed by atoms with Crippen LogP contribution in [0.15, 0.2) is 0 Å². The minimum Gasteiger partial charge on any atom is -0.391 e. The van der Waals surface area contributed by atoms with E-state index in [1.54, 1.807) is 0 Å². The molecule has 100 valence electrons. The number of aliphatic hydroxyl groups is 1. The van der Waals surface area contributed by atoms with Crippen molar-refractivity contribution in [2.75, 3.05) is 27.2 Å². The SMILES string of the molecule is CN(C)C1CCN(C2CCCCCC2O)CC1. The van der Waals surface area contributed by atoms with Crippen molar-refractivity contribution in [3.05, 3.63) is 0 Å². The zero-order valence-corrected chi connectivity index (χ0v) is 11.4. The number of aliphatic hydroxyl groups excluding tert-OH is 1. The van der Waals surface area contributed by atoms with Gasteiger partial charge in [0.25, 0.3) is 0 Å². The van der Waals surface area contributed by atoms with E-state index >= 15 is 0 Å². The predicted octanol–water partition coefficient (Wildman–Crippen LogP) is 1.71. The molecular formula is C14H28N2O. The summed E-state index contributed by atoms with van der Waals surface area (Å²) in [5.41, 5.74) is 0. The Morgan fingerprint density at radius 2 is 1.59 bits per heavy atom. The average Bonchev–Trinajstić information content (AvgIpc) is 2.54. The molecule has 1 aliphatic heterocycles. The predicted molar refractivity (Wildman–Crippen MR) is 71.2 cm³/mol. The molecule has 0 aromatic carbocycles. The largest absolute Gasteiger partial charge is 0.391 e. The lowest BCUT2D eigenvalue weighted by molar-refractivity contribution is 0.0206. The normalized spacial score (nSPS) is 33.9. The Kier molecular flexibility index (Phi) is 4.83. The zero-order valence-electron chi connectivity index (χ0n) is 11.4. The van der Waals surface area contributed by atoms with Crippen LogP contribution in [0.5, 0.6) is 0 Å². The molecule has 2 atom stereocenters. The molecule has 3 heteroatoms. The number of hydrogen-bond acceptors (Lipinski definition) is 3. The van der Waals surface area contributed by atoms with E-state index in [1.807, 2.05) is 0 Å². The Bertz CT molecular complexity index is 224. The van der Waals surface area contributed by atoms with Gasteiger partial charge in [0.1, 0.15) is 0 Å². The summed E-state index contributed by atoms with van der Waals surface area (Å²) in [7, 11) is 4.36. The number of hydrogen-bond donors (Lipinski definition) is 1. The Morgan fingerprint density at radius 3 is 2.24 bits per heavy atom. The number of likely N-dealkylation sites (tertiary alicyclic amines) is 1. The van der Waals surface area contributed by atoms with Gasteiger partial charge in [-0.1, -0.05) is 19.3 Å². The standard InChI is InChI=1S/C14H28N2O/c1-15(2)12-8-10-16(11-9-12)13-6-4-3-5-7-14(13)17/h12-14,17H,3-11H2,1-2H3. The van der Waals surface area contributed by atoms with E-state index in [1.165, 1.54) is 51.6 Å². The van der Waals surface area contributed by atoms with Gasteiger partial charge in [-0.2, -0.15) is 0 Å². The van der Waals surface area contributed by atoms with Crippen LogP contribution < -0.4 is 0 Å². The summed E-state index contributed by atoms with van der Waals surface area (Å²) in [6, 6.07) is 1.19. The molecule has 2 unspecified atom stereocenters. The van der Waals surface area contributed by atoms with Crippen LogP contribution in [0.3, 0.4) is 0 Å². The van der Waals surface area contributed by atoms with Crippen molar-refractivity contribution in [1.29, 1.82) is 0 Å². The quantitative estimate of drug-likeness (QED) is 0.744. The molecule has 1 saturated carbocycles. The van der Waals surface area contributed by atoms with Crippen molar-refractivity contribution in [3.8, 4) is 0 Å². The molecule has 3 nitrogen and oxygen atoms in total. The van der Waals surface area contributed by atoms with Crippen LogP contribution in [0, 0.1) is 0 Å². The molecule has 0 radical (unpaired) electrons. The maximum atomic E-state index is 10.2. The van der Waals surface area contributed by atoms with Gasteiger partial charge in [0.2, 0.25) is 0 Å². The van der Waals surface area contributed by atoms with Crippen LogP contribution in [0.1, 0.15) is 44.9 Å². The lowest BCUT2D eigenvalue weighted by atomic mass is 9.98. The Labute approximate surface area is 106 Å². The van der Waals surface area contributed by atoms with E-state index in [0.717, 1.165) is 12.5 Å². The lowest BCUT2D eigenvalue weighted by Gasteiger charge is -2.40. The molecule has 1 N–H and O–H groups in total. The summed E-state index contributed by atoms with van der Waals surface area (Å²) in [4.78, 5) is 4.90. The fourth-order valence-corrected chi connectivity index (χ4v) is 3.43. The van der Waals surface area contributed by atoms with Gasteiger partial charge in [0, 0.05) is 25.2 Å². The maximum Gasteiger partial charge on any atom is 0.0695 e.